The maximum atomic E-state index is 12.0. The summed E-state index contributed by atoms with van der Waals surface area (Å²) in [4.78, 5) is 14.0. The van der Waals surface area contributed by atoms with E-state index in [0.717, 1.165) is 26.1 Å². The molecule has 2 unspecified atom stereocenters. The Morgan fingerprint density at radius 2 is 2.12 bits per heavy atom. The van der Waals surface area contributed by atoms with Gasteiger partial charge in [-0.3, -0.25) is 4.79 Å². The largest absolute Gasteiger partial charge is 0.341 e. The second kappa shape index (κ2) is 6.24. The Morgan fingerprint density at radius 3 is 2.69 bits per heavy atom. The zero-order valence-corrected chi connectivity index (χ0v) is 11.1. The molecule has 3 nitrogen and oxygen atoms in total. The van der Waals surface area contributed by atoms with Gasteiger partial charge in [-0.15, -0.1) is 0 Å². The number of nitrogens with one attached hydrogen (secondary N) is 1. The molecule has 0 aliphatic carbocycles. The zero-order valence-electron chi connectivity index (χ0n) is 11.1. The molecule has 1 saturated heterocycles. The van der Waals surface area contributed by atoms with E-state index in [2.05, 4.69) is 19.2 Å². The number of hydrogen-bond donors (Lipinski definition) is 1. The van der Waals surface area contributed by atoms with Crippen LogP contribution in [0.2, 0.25) is 0 Å². The van der Waals surface area contributed by atoms with Gasteiger partial charge in [0.2, 0.25) is 5.91 Å². The van der Waals surface area contributed by atoms with Gasteiger partial charge in [-0.05, 0) is 25.3 Å². The SMILES string of the molecule is CCCNC1CC(C)CN(C(=O)C(C)C)C1. The van der Waals surface area contributed by atoms with Crippen molar-refractivity contribution in [2.45, 2.75) is 46.6 Å². The Hall–Kier alpha value is -0.570. The van der Waals surface area contributed by atoms with E-state index in [-0.39, 0.29) is 5.92 Å². The number of nitrogens with zero attached hydrogens (tertiary/aromatic N) is 1. The first-order valence-corrected chi connectivity index (χ1v) is 6.56. The van der Waals surface area contributed by atoms with Crippen molar-refractivity contribution in [2.75, 3.05) is 19.6 Å². The van der Waals surface area contributed by atoms with E-state index in [9.17, 15) is 4.79 Å². The highest BCUT2D eigenvalue weighted by molar-refractivity contribution is 5.78. The van der Waals surface area contributed by atoms with Gasteiger partial charge in [-0.2, -0.15) is 0 Å². The Morgan fingerprint density at radius 1 is 1.44 bits per heavy atom. The van der Waals surface area contributed by atoms with Crippen molar-refractivity contribution < 1.29 is 4.79 Å². The highest BCUT2D eigenvalue weighted by atomic mass is 16.2. The predicted molar refractivity (Wildman–Crippen MR) is 67.3 cm³/mol. The molecule has 0 radical (unpaired) electrons. The number of carbonyl (C=O) groups excluding carboxylic acids is 1. The fourth-order valence-electron chi connectivity index (χ4n) is 2.39. The van der Waals surface area contributed by atoms with Crippen LogP contribution in [0.15, 0.2) is 0 Å². The van der Waals surface area contributed by atoms with Crippen LogP contribution >= 0.6 is 0 Å². The number of piperidine rings is 1. The van der Waals surface area contributed by atoms with Gasteiger partial charge in [0.05, 0.1) is 0 Å². The summed E-state index contributed by atoms with van der Waals surface area (Å²) in [6.07, 6.45) is 2.35. The Labute approximate surface area is 99.6 Å². The maximum Gasteiger partial charge on any atom is 0.225 e. The first kappa shape index (κ1) is 13.5. The molecule has 1 heterocycles. The monoisotopic (exact) mass is 226 g/mol. The lowest BCUT2D eigenvalue weighted by Gasteiger charge is -2.37. The fourth-order valence-corrected chi connectivity index (χ4v) is 2.39. The molecule has 1 fully saturated rings. The molecule has 0 aromatic rings. The molecular formula is C13H26N2O. The van der Waals surface area contributed by atoms with Crippen LogP contribution in [0.4, 0.5) is 0 Å². The van der Waals surface area contributed by atoms with E-state index in [1.54, 1.807) is 0 Å². The van der Waals surface area contributed by atoms with Gasteiger partial charge in [0.15, 0.2) is 0 Å². The van der Waals surface area contributed by atoms with Crippen LogP contribution in [-0.2, 0) is 4.79 Å². The average molecular weight is 226 g/mol. The molecule has 0 bridgehead atoms. The first-order chi connectivity index (χ1) is 7.54. The Balaban J connectivity index is 2.50. The van der Waals surface area contributed by atoms with E-state index in [4.69, 9.17) is 0 Å². The van der Waals surface area contributed by atoms with Gasteiger partial charge in [0.25, 0.3) is 0 Å². The second-order valence-corrected chi connectivity index (χ2v) is 5.39. The molecule has 1 N–H and O–H groups in total. The molecule has 1 amide bonds. The van der Waals surface area contributed by atoms with Crippen LogP contribution in [0, 0.1) is 11.8 Å². The third-order valence-electron chi connectivity index (χ3n) is 3.15. The molecule has 1 rings (SSSR count). The zero-order chi connectivity index (χ0) is 12.1. The van der Waals surface area contributed by atoms with Gasteiger partial charge in [0, 0.05) is 25.0 Å². The van der Waals surface area contributed by atoms with Crippen LogP contribution < -0.4 is 5.32 Å². The quantitative estimate of drug-likeness (QED) is 0.794. The number of likely N-dealkylation sites (tertiary alicyclic amines) is 1. The Bertz CT molecular complexity index is 228. The minimum Gasteiger partial charge on any atom is -0.341 e. The molecule has 3 heteroatoms. The topological polar surface area (TPSA) is 32.3 Å². The molecule has 0 saturated carbocycles. The lowest BCUT2D eigenvalue weighted by Crippen LogP contribution is -2.51. The number of rotatable bonds is 4. The fraction of sp³-hybridized carbons (Fsp3) is 0.923. The van der Waals surface area contributed by atoms with Crippen LogP contribution in [0.25, 0.3) is 0 Å². The van der Waals surface area contributed by atoms with Crippen LogP contribution in [0.5, 0.6) is 0 Å². The third-order valence-corrected chi connectivity index (χ3v) is 3.15. The molecule has 94 valence electrons. The van der Waals surface area contributed by atoms with Crippen molar-refractivity contribution in [1.82, 2.24) is 10.2 Å². The van der Waals surface area contributed by atoms with Crippen LogP contribution in [-0.4, -0.2) is 36.5 Å². The van der Waals surface area contributed by atoms with Crippen molar-refractivity contribution >= 4 is 5.91 Å². The van der Waals surface area contributed by atoms with E-state index < -0.39 is 0 Å². The molecule has 0 aromatic heterocycles. The molecule has 0 aromatic carbocycles. The molecule has 16 heavy (non-hydrogen) atoms. The third kappa shape index (κ3) is 3.78. The summed E-state index contributed by atoms with van der Waals surface area (Å²) in [6.45, 7) is 11.3. The van der Waals surface area contributed by atoms with Gasteiger partial charge in [0.1, 0.15) is 0 Å². The summed E-state index contributed by atoms with van der Waals surface area (Å²) in [5.41, 5.74) is 0. The second-order valence-electron chi connectivity index (χ2n) is 5.39. The lowest BCUT2D eigenvalue weighted by molar-refractivity contribution is -0.136. The van der Waals surface area contributed by atoms with Crippen molar-refractivity contribution in [3.8, 4) is 0 Å². The van der Waals surface area contributed by atoms with Crippen molar-refractivity contribution in [2.24, 2.45) is 11.8 Å². The summed E-state index contributed by atoms with van der Waals surface area (Å²) in [5, 5.41) is 3.53. The van der Waals surface area contributed by atoms with E-state index in [1.807, 2.05) is 18.7 Å². The molecule has 1 aliphatic rings. The van der Waals surface area contributed by atoms with Gasteiger partial charge in [-0.1, -0.05) is 27.7 Å². The van der Waals surface area contributed by atoms with Gasteiger partial charge < -0.3 is 10.2 Å². The summed E-state index contributed by atoms with van der Waals surface area (Å²) >= 11 is 0. The van der Waals surface area contributed by atoms with Crippen LogP contribution in [0.1, 0.15) is 40.5 Å². The van der Waals surface area contributed by atoms with E-state index >= 15 is 0 Å². The number of carbonyl (C=O) groups is 1. The van der Waals surface area contributed by atoms with Crippen molar-refractivity contribution in [3.63, 3.8) is 0 Å². The predicted octanol–water partition coefficient (Wildman–Crippen LogP) is 1.88. The molecule has 2 atom stereocenters. The normalized spacial score (nSPS) is 26.2. The minimum atomic E-state index is 0.122. The average Bonchev–Trinajstić information content (AvgIpc) is 2.24. The van der Waals surface area contributed by atoms with Gasteiger partial charge in [-0.25, -0.2) is 0 Å². The highest BCUT2D eigenvalue weighted by Crippen LogP contribution is 2.18. The maximum absolute atomic E-state index is 12.0. The lowest BCUT2D eigenvalue weighted by atomic mass is 9.95. The Kier molecular flexibility index (Phi) is 5.26. The smallest absolute Gasteiger partial charge is 0.225 e. The number of amides is 1. The molecule has 1 aliphatic heterocycles. The van der Waals surface area contributed by atoms with Crippen molar-refractivity contribution in [1.29, 1.82) is 0 Å². The summed E-state index contributed by atoms with van der Waals surface area (Å²) in [7, 11) is 0. The van der Waals surface area contributed by atoms with Gasteiger partial charge >= 0.3 is 0 Å². The highest BCUT2D eigenvalue weighted by Gasteiger charge is 2.28. The summed E-state index contributed by atoms with van der Waals surface area (Å²) in [6, 6.07) is 0.492. The molecular weight excluding hydrogens is 200 g/mol. The summed E-state index contributed by atoms with van der Waals surface area (Å²) in [5.74, 6) is 1.04. The summed E-state index contributed by atoms with van der Waals surface area (Å²) < 4.78 is 0. The first-order valence-electron chi connectivity index (χ1n) is 6.56. The standard InChI is InChI=1S/C13H26N2O/c1-5-6-14-12-7-11(4)8-15(9-12)13(16)10(2)3/h10-12,14H,5-9H2,1-4H3. The van der Waals surface area contributed by atoms with E-state index in [0.29, 0.717) is 17.9 Å². The minimum absolute atomic E-state index is 0.122. The number of hydrogen-bond acceptors (Lipinski definition) is 2. The van der Waals surface area contributed by atoms with Crippen molar-refractivity contribution in [3.05, 3.63) is 0 Å². The molecule has 0 spiro atoms. The van der Waals surface area contributed by atoms with E-state index in [1.165, 1.54) is 6.42 Å². The van der Waals surface area contributed by atoms with Crippen LogP contribution in [0.3, 0.4) is 0 Å².